The second kappa shape index (κ2) is 8.03. The Morgan fingerprint density at radius 3 is 1.71 bits per heavy atom. The number of phenols is 1. The van der Waals surface area contributed by atoms with Gasteiger partial charge in [0.1, 0.15) is 28.4 Å². The largest absolute Gasteiger partial charge is 0.508 e. The standard InChI is InChI=1S/C25H15NO9/c27-16-10-9-12(26(32)33)11-15(16)19(20-22(28)13-5-1-3-7-17(13)34-24(20)30)21-23(29)14-6-2-4-8-18(14)35-25(21)31/h1-11,19,27-29H. The van der Waals surface area contributed by atoms with E-state index >= 15 is 0 Å². The third-order valence-corrected chi connectivity index (χ3v) is 5.75. The maximum Gasteiger partial charge on any atom is 0.344 e. The normalized spacial score (nSPS) is 11.3. The molecule has 2 aromatic heterocycles. The fourth-order valence-electron chi connectivity index (χ4n) is 4.15. The zero-order valence-corrected chi connectivity index (χ0v) is 17.7. The van der Waals surface area contributed by atoms with Crippen LogP contribution in [0.4, 0.5) is 5.69 Å². The van der Waals surface area contributed by atoms with E-state index in [4.69, 9.17) is 8.83 Å². The molecular formula is C25H15NO9. The third-order valence-electron chi connectivity index (χ3n) is 5.75. The van der Waals surface area contributed by atoms with Crippen LogP contribution >= 0.6 is 0 Å². The lowest BCUT2D eigenvalue weighted by molar-refractivity contribution is -0.384. The molecule has 3 N–H and O–H groups in total. The minimum Gasteiger partial charge on any atom is -0.508 e. The molecule has 0 fully saturated rings. The molecule has 0 aliphatic heterocycles. The zero-order valence-electron chi connectivity index (χ0n) is 17.7. The van der Waals surface area contributed by atoms with E-state index in [0.717, 1.165) is 18.2 Å². The number of benzene rings is 3. The Morgan fingerprint density at radius 2 is 1.23 bits per heavy atom. The summed E-state index contributed by atoms with van der Waals surface area (Å²) in [4.78, 5) is 36.9. The average molecular weight is 473 g/mol. The van der Waals surface area contributed by atoms with E-state index in [1.54, 1.807) is 24.3 Å². The van der Waals surface area contributed by atoms with Gasteiger partial charge in [-0.3, -0.25) is 10.1 Å². The molecule has 0 aliphatic rings. The minimum atomic E-state index is -1.68. The first-order valence-electron chi connectivity index (χ1n) is 10.2. The maximum atomic E-state index is 13.1. The highest BCUT2D eigenvalue weighted by Crippen LogP contribution is 2.45. The van der Waals surface area contributed by atoms with Gasteiger partial charge in [0, 0.05) is 17.7 Å². The molecule has 0 spiro atoms. The van der Waals surface area contributed by atoms with Gasteiger partial charge >= 0.3 is 11.3 Å². The van der Waals surface area contributed by atoms with Crippen LogP contribution in [0.15, 0.2) is 85.2 Å². The Kier molecular flexibility index (Phi) is 4.98. The molecule has 3 aromatic carbocycles. The van der Waals surface area contributed by atoms with E-state index < -0.39 is 56.2 Å². The summed E-state index contributed by atoms with van der Waals surface area (Å²) in [5.74, 6) is -3.38. The summed E-state index contributed by atoms with van der Waals surface area (Å²) in [6, 6.07) is 15.1. The number of fused-ring (bicyclic) bond motifs is 2. The zero-order chi connectivity index (χ0) is 24.9. The van der Waals surface area contributed by atoms with E-state index in [-0.39, 0.29) is 27.5 Å². The molecule has 5 rings (SSSR count). The highest BCUT2D eigenvalue weighted by molar-refractivity contribution is 5.87. The van der Waals surface area contributed by atoms with Crippen LogP contribution in [0, 0.1) is 10.1 Å². The van der Waals surface area contributed by atoms with E-state index in [9.17, 15) is 35.0 Å². The number of rotatable bonds is 4. The lowest BCUT2D eigenvalue weighted by Gasteiger charge is -2.20. The highest BCUT2D eigenvalue weighted by Gasteiger charge is 2.35. The fourth-order valence-corrected chi connectivity index (χ4v) is 4.15. The number of para-hydroxylation sites is 2. The Hall–Kier alpha value is -5.12. The second-order valence-corrected chi connectivity index (χ2v) is 7.73. The first kappa shape index (κ1) is 21.7. The van der Waals surface area contributed by atoms with Gasteiger partial charge < -0.3 is 24.2 Å². The molecule has 174 valence electrons. The lowest BCUT2D eigenvalue weighted by Crippen LogP contribution is -2.21. The number of hydrogen-bond acceptors (Lipinski definition) is 9. The van der Waals surface area contributed by atoms with Gasteiger partial charge in [0.2, 0.25) is 0 Å². The number of nitrogens with zero attached hydrogens (tertiary/aromatic N) is 1. The number of non-ortho nitro benzene ring substituents is 1. The number of aromatic hydroxyl groups is 3. The van der Waals surface area contributed by atoms with Crippen LogP contribution in [0.2, 0.25) is 0 Å². The molecule has 0 aliphatic carbocycles. The van der Waals surface area contributed by atoms with Crippen LogP contribution in [0.25, 0.3) is 21.9 Å². The summed E-state index contributed by atoms with van der Waals surface area (Å²) < 4.78 is 10.7. The quantitative estimate of drug-likeness (QED) is 0.198. The van der Waals surface area contributed by atoms with Gasteiger partial charge in [0.05, 0.1) is 32.7 Å². The second-order valence-electron chi connectivity index (χ2n) is 7.73. The molecule has 0 saturated heterocycles. The van der Waals surface area contributed by atoms with Crippen LogP contribution in [-0.4, -0.2) is 20.2 Å². The number of nitro benzene ring substituents is 1. The Balaban J connectivity index is 1.95. The molecule has 0 saturated carbocycles. The monoisotopic (exact) mass is 473 g/mol. The SMILES string of the molecule is O=c1oc2ccccc2c(O)c1C(c1cc([N+](=O)[O-])ccc1O)c1c(O)c2ccccc2oc1=O. The summed E-state index contributed by atoms with van der Waals surface area (Å²) in [5, 5.41) is 44.5. The predicted octanol–water partition coefficient (Wildman–Crippen LogP) is 4.10. The van der Waals surface area contributed by atoms with Crippen molar-refractivity contribution >= 4 is 27.6 Å². The van der Waals surface area contributed by atoms with Crippen LogP contribution in [0.1, 0.15) is 22.6 Å². The van der Waals surface area contributed by atoms with Gasteiger partial charge in [-0.25, -0.2) is 9.59 Å². The molecule has 0 atom stereocenters. The summed E-state index contributed by atoms with van der Waals surface area (Å²) in [6.07, 6.45) is 0. The first-order valence-corrected chi connectivity index (χ1v) is 10.2. The van der Waals surface area contributed by atoms with E-state index in [2.05, 4.69) is 0 Å². The number of phenolic OH excluding ortho intramolecular Hbond substituents is 1. The fraction of sp³-hybridized carbons (Fsp3) is 0.0400. The molecule has 2 heterocycles. The number of hydrogen-bond donors (Lipinski definition) is 3. The molecule has 5 aromatic rings. The average Bonchev–Trinajstić information content (AvgIpc) is 2.83. The van der Waals surface area contributed by atoms with E-state index in [1.807, 2.05) is 0 Å². The van der Waals surface area contributed by atoms with Crippen molar-refractivity contribution in [1.29, 1.82) is 0 Å². The molecule has 0 bridgehead atoms. The van der Waals surface area contributed by atoms with Gasteiger partial charge in [-0.05, 0) is 30.3 Å². The Bertz CT molecular complexity index is 1670. The maximum absolute atomic E-state index is 13.1. The first-order chi connectivity index (χ1) is 16.8. The van der Waals surface area contributed by atoms with Crippen molar-refractivity contribution in [1.82, 2.24) is 0 Å². The van der Waals surface area contributed by atoms with Crippen molar-refractivity contribution in [3.8, 4) is 17.2 Å². The Morgan fingerprint density at radius 1 is 0.743 bits per heavy atom. The lowest BCUT2D eigenvalue weighted by atomic mass is 9.84. The molecule has 10 heteroatoms. The van der Waals surface area contributed by atoms with Crippen LogP contribution in [0.5, 0.6) is 17.2 Å². The van der Waals surface area contributed by atoms with Gasteiger partial charge in [-0.15, -0.1) is 0 Å². The van der Waals surface area contributed by atoms with Crippen molar-refractivity contribution in [3.63, 3.8) is 0 Å². The summed E-state index contributed by atoms with van der Waals surface area (Å²) in [5.41, 5.74) is -3.85. The van der Waals surface area contributed by atoms with Crippen molar-refractivity contribution in [3.05, 3.63) is 114 Å². The smallest absolute Gasteiger partial charge is 0.344 e. The third kappa shape index (κ3) is 3.44. The van der Waals surface area contributed by atoms with Gasteiger partial charge in [-0.2, -0.15) is 0 Å². The van der Waals surface area contributed by atoms with Gasteiger partial charge in [-0.1, -0.05) is 24.3 Å². The molecule has 0 amide bonds. The van der Waals surface area contributed by atoms with Crippen molar-refractivity contribution in [2.75, 3.05) is 0 Å². The molecule has 0 unspecified atom stereocenters. The van der Waals surface area contributed by atoms with E-state index in [0.29, 0.717) is 0 Å². The van der Waals surface area contributed by atoms with Crippen LogP contribution in [0.3, 0.4) is 0 Å². The van der Waals surface area contributed by atoms with Crippen molar-refractivity contribution < 1.29 is 29.1 Å². The van der Waals surface area contributed by atoms with Crippen LogP contribution < -0.4 is 11.3 Å². The summed E-state index contributed by atoms with van der Waals surface area (Å²) in [7, 11) is 0. The van der Waals surface area contributed by atoms with Crippen molar-refractivity contribution in [2.45, 2.75) is 5.92 Å². The van der Waals surface area contributed by atoms with Gasteiger partial charge in [0.25, 0.3) is 5.69 Å². The van der Waals surface area contributed by atoms with E-state index in [1.165, 1.54) is 24.3 Å². The summed E-state index contributed by atoms with van der Waals surface area (Å²) >= 11 is 0. The van der Waals surface area contributed by atoms with Crippen molar-refractivity contribution in [2.24, 2.45) is 0 Å². The molecule has 35 heavy (non-hydrogen) atoms. The highest BCUT2D eigenvalue weighted by atomic mass is 16.6. The molecule has 0 radical (unpaired) electrons. The minimum absolute atomic E-state index is 0.0514. The number of nitro groups is 1. The Labute approximate surface area is 194 Å². The molecular weight excluding hydrogens is 458 g/mol. The summed E-state index contributed by atoms with van der Waals surface area (Å²) in [6.45, 7) is 0. The van der Waals surface area contributed by atoms with Crippen LogP contribution in [-0.2, 0) is 0 Å². The predicted molar refractivity (Wildman–Crippen MR) is 124 cm³/mol. The topological polar surface area (TPSA) is 164 Å². The van der Waals surface area contributed by atoms with Gasteiger partial charge in [0.15, 0.2) is 0 Å². The molecule has 10 nitrogen and oxygen atoms in total.